The predicted octanol–water partition coefficient (Wildman–Crippen LogP) is 1.43. The molecule has 0 saturated heterocycles. The molecule has 0 spiro atoms. The van der Waals surface area contributed by atoms with Crippen LogP contribution in [-0.2, 0) is 0 Å². The fraction of sp³-hybridized carbons (Fsp3) is 0.429. The summed E-state index contributed by atoms with van der Waals surface area (Å²) in [5, 5.41) is 0. The topological polar surface area (TPSA) is 26.0 Å². The lowest BCUT2D eigenvalue weighted by Crippen LogP contribution is -2.09. The summed E-state index contributed by atoms with van der Waals surface area (Å²) in [6.45, 7) is 2.13. The molecular formula is C7H11N. The second-order valence-electron chi connectivity index (χ2n) is 2.23. The molecule has 1 unspecified atom stereocenters. The Hall–Kier alpha value is -0.720. The molecule has 1 rings (SSSR count). The molecule has 0 saturated carbocycles. The van der Waals surface area contributed by atoms with E-state index in [1.165, 1.54) is 0 Å². The van der Waals surface area contributed by atoms with Crippen molar-refractivity contribution >= 4 is 0 Å². The van der Waals surface area contributed by atoms with E-state index in [-0.39, 0.29) is 0 Å². The molecule has 0 amide bonds. The summed E-state index contributed by atoms with van der Waals surface area (Å²) in [5.41, 5.74) is 6.60. The third kappa shape index (κ3) is 0.915. The highest BCUT2D eigenvalue weighted by Gasteiger charge is 2.03. The molecule has 8 heavy (non-hydrogen) atoms. The van der Waals surface area contributed by atoms with Gasteiger partial charge in [-0.2, -0.15) is 0 Å². The largest absolute Gasteiger partial charge is 0.402 e. The van der Waals surface area contributed by atoms with Crippen LogP contribution in [0, 0.1) is 5.92 Å². The van der Waals surface area contributed by atoms with E-state index in [0.29, 0.717) is 5.92 Å². The normalized spacial score (nSPS) is 27.6. The van der Waals surface area contributed by atoms with Crippen LogP contribution < -0.4 is 5.73 Å². The summed E-state index contributed by atoms with van der Waals surface area (Å²) < 4.78 is 0. The fourth-order valence-electron chi connectivity index (χ4n) is 0.762. The Labute approximate surface area is 49.9 Å². The van der Waals surface area contributed by atoms with E-state index in [4.69, 9.17) is 5.73 Å². The molecule has 0 aliphatic heterocycles. The van der Waals surface area contributed by atoms with Crippen LogP contribution in [0.2, 0.25) is 0 Å². The van der Waals surface area contributed by atoms with Gasteiger partial charge in [-0.1, -0.05) is 19.1 Å². The summed E-state index contributed by atoms with van der Waals surface area (Å²) in [5.74, 6) is 0.556. The molecule has 1 aliphatic rings. The third-order valence-electron chi connectivity index (χ3n) is 1.48. The van der Waals surface area contributed by atoms with Crippen LogP contribution in [0.4, 0.5) is 0 Å². The van der Waals surface area contributed by atoms with Gasteiger partial charge in [0.05, 0.1) is 0 Å². The summed E-state index contributed by atoms with van der Waals surface area (Å²) >= 11 is 0. The number of hydrogen-bond donors (Lipinski definition) is 1. The van der Waals surface area contributed by atoms with Crippen molar-refractivity contribution in [1.82, 2.24) is 0 Å². The van der Waals surface area contributed by atoms with Crippen LogP contribution in [0.15, 0.2) is 23.9 Å². The first-order valence-corrected chi connectivity index (χ1v) is 2.93. The lowest BCUT2D eigenvalue weighted by molar-refractivity contribution is 0.677. The van der Waals surface area contributed by atoms with E-state index in [1.807, 2.05) is 12.2 Å². The van der Waals surface area contributed by atoms with E-state index in [0.717, 1.165) is 12.1 Å². The van der Waals surface area contributed by atoms with Crippen molar-refractivity contribution in [2.24, 2.45) is 11.7 Å². The summed E-state index contributed by atoms with van der Waals surface area (Å²) in [6, 6.07) is 0. The van der Waals surface area contributed by atoms with Gasteiger partial charge in [-0.05, 0) is 18.4 Å². The first kappa shape index (κ1) is 5.42. The van der Waals surface area contributed by atoms with Gasteiger partial charge in [-0.15, -0.1) is 0 Å². The zero-order valence-corrected chi connectivity index (χ0v) is 5.09. The van der Waals surface area contributed by atoms with Crippen molar-refractivity contribution in [1.29, 1.82) is 0 Å². The van der Waals surface area contributed by atoms with Gasteiger partial charge in [0, 0.05) is 5.70 Å². The highest BCUT2D eigenvalue weighted by molar-refractivity contribution is 5.17. The Bertz CT molecular complexity index is 133. The minimum absolute atomic E-state index is 0.556. The van der Waals surface area contributed by atoms with Crippen LogP contribution in [-0.4, -0.2) is 0 Å². The molecule has 0 radical (unpaired) electrons. The molecule has 1 heteroatoms. The molecule has 0 fully saturated rings. The SMILES string of the molecule is CC1CC=CC=C1N. The van der Waals surface area contributed by atoms with Gasteiger partial charge in [-0.25, -0.2) is 0 Å². The van der Waals surface area contributed by atoms with Gasteiger partial charge in [0.2, 0.25) is 0 Å². The van der Waals surface area contributed by atoms with E-state index in [2.05, 4.69) is 13.0 Å². The molecule has 2 N–H and O–H groups in total. The van der Waals surface area contributed by atoms with E-state index in [9.17, 15) is 0 Å². The average molecular weight is 109 g/mol. The number of nitrogens with two attached hydrogens (primary N) is 1. The monoisotopic (exact) mass is 109 g/mol. The zero-order valence-electron chi connectivity index (χ0n) is 5.09. The van der Waals surface area contributed by atoms with Gasteiger partial charge in [0.1, 0.15) is 0 Å². The molecule has 0 aromatic rings. The Balaban J connectivity index is 2.66. The van der Waals surface area contributed by atoms with E-state index >= 15 is 0 Å². The molecule has 0 aromatic carbocycles. The molecule has 1 aliphatic carbocycles. The Kier molecular flexibility index (Phi) is 1.38. The third-order valence-corrected chi connectivity index (χ3v) is 1.48. The molecule has 1 atom stereocenters. The second kappa shape index (κ2) is 2.03. The zero-order chi connectivity index (χ0) is 5.98. The maximum atomic E-state index is 5.59. The molecule has 44 valence electrons. The number of hydrogen-bond acceptors (Lipinski definition) is 1. The quantitative estimate of drug-likeness (QED) is 0.500. The highest BCUT2D eigenvalue weighted by Crippen LogP contribution is 2.13. The van der Waals surface area contributed by atoms with Gasteiger partial charge in [0.15, 0.2) is 0 Å². The van der Waals surface area contributed by atoms with Gasteiger partial charge >= 0.3 is 0 Å². The molecule has 0 aromatic heterocycles. The lowest BCUT2D eigenvalue weighted by atomic mass is 10.00. The van der Waals surface area contributed by atoms with Crippen LogP contribution in [0.3, 0.4) is 0 Å². The Morgan fingerprint density at radius 1 is 1.75 bits per heavy atom. The lowest BCUT2D eigenvalue weighted by Gasteiger charge is -2.10. The number of allylic oxidation sites excluding steroid dienone is 4. The van der Waals surface area contributed by atoms with Crippen molar-refractivity contribution in [3.63, 3.8) is 0 Å². The smallest absolute Gasteiger partial charge is 0.0112 e. The van der Waals surface area contributed by atoms with Gasteiger partial charge in [-0.3, -0.25) is 0 Å². The maximum Gasteiger partial charge on any atom is 0.0112 e. The maximum absolute atomic E-state index is 5.59. The van der Waals surface area contributed by atoms with Crippen molar-refractivity contribution in [3.8, 4) is 0 Å². The Morgan fingerprint density at radius 2 is 2.50 bits per heavy atom. The summed E-state index contributed by atoms with van der Waals surface area (Å²) in [7, 11) is 0. The van der Waals surface area contributed by atoms with Crippen molar-refractivity contribution in [2.75, 3.05) is 0 Å². The standard InChI is InChI=1S/C7H11N/c1-6-4-2-3-5-7(6)8/h2-3,5-6H,4,8H2,1H3. The molecule has 0 heterocycles. The highest BCUT2D eigenvalue weighted by atomic mass is 14.6. The molecule has 0 bridgehead atoms. The van der Waals surface area contributed by atoms with Crippen molar-refractivity contribution < 1.29 is 0 Å². The minimum atomic E-state index is 0.556. The molecule has 1 nitrogen and oxygen atoms in total. The van der Waals surface area contributed by atoms with E-state index in [1.54, 1.807) is 0 Å². The Morgan fingerprint density at radius 3 is 2.88 bits per heavy atom. The molecular weight excluding hydrogens is 98.1 g/mol. The van der Waals surface area contributed by atoms with Crippen molar-refractivity contribution in [3.05, 3.63) is 23.9 Å². The van der Waals surface area contributed by atoms with Crippen LogP contribution in [0.5, 0.6) is 0 Å². The first-order valence-electron chi connectivity index (χ1n) is 2.93. The number of rotatable bonds is 0. The predicted molar refractivity (Wildman–Crippen MR) is 35.2 cm³/mol. The van der Waals surface area contributed by atoms with Crippen LogP contribution >= 0.6 is 0 Å². The first-order chi connectivity index (χ1) is 3.80. The fourth-order valence-corrected chi connectivity index (χ4v) is 0.762. The minimum Gasteiger partial charge on any atom is -0.402 e. The van der Waals surface area contributed by atoms with Gasteiger partial charge in [0.25, 0.3) is 0 Å². The van der Waals surface area contributed by atoms with Crippen molar-refractivity contribution in [2.45, 2.75) is 13.3 Å². The second-order valence-corrected chi connectivity index (χ2v) is 2.23. The van der Waals surface area contributed by atoms with Gasteiger partial charge < -0.3 is 5.73 Å². The van der Waals surface area contributed by atoms with E-state index < -0.39 is 0 Å². The summed E-state index contributed by atoms with van der Waals surface area (Å²) in [6.07, 6.45) is 7.22. The average Bonchev–Trinajstić information content (AvgIpc) is 1.77. The summed E-state index contributed by atoms with van der Waals surface area (Å²) in [4.78, 5) is 0. The van der Waals surface area contributed by atoms with Crippen LogP contribution in [0.25, 0.3) is 0 Å². The van der Waals surface area contributed by atoms with Crippen LogP contribution in [0.1, 0.15) is 13.3 Å².